The molecular formula is C13H16BrN3. The summed E-state index contributed by atoms with van der Waals surface area (Å²) >= 11 is 3.49. The van der Waals surface area contributed by atoms with Crippen LogP contribution < -0.4 is 5.32 Å². The summed E-state index contributed by atoms with van der Waals surface area (Å²) in [6.07, 6.45) is 0.957. The smallest absolute Gasteiger partial charge is 0.0682 e. The lowest BCUT2D eigenvalue weighted by Crippen LogP contribution is -2.10. The predicted octanol–water partition coefficient (Wildman–Crippen LogP) is 2.61. The number of likely N-dealkylation sites (N-methyl/N-ethyl adjacent to an activating group) is 1. The summed E-state index contributed by atoms with van der Waals surface area (Å²) in [5, 5.41) is 7.65. The van der Waals surface area contributed by atoms with Crippen molar-refractivity contribution in [1.82, 2.24) is 15.1 Å². The van der Waals surface area contributed by atoms with E-state index in [0.717, 1.165) is 28.8 Å². The number of benzene rings is 1. The minimum Gasteiger partial charge on any atom is -0.319 e. The van der Waals surface area contributed by atoms with E-state index in [-0.39, 0.29) is 0 Å². The Kier molecular flexibility index (Phi) is 3.97. The number of aromatic nitrogens is 2. The molecule has 0 bridgehead atoms. The van der Waals surface area contributed by atoms with Gasteiger partial charge in [0, 0.05) is 30.0 Å². The maximum absolute atomic E-state index is 4.52. The van der Waals surface area contributed by atoms with Gasteiger partial charge in [0.05, 0.1) is 11.4 Å². The molecule has 1 heterocycles. The molecule has 0 aliphatic rings. The number of hydrogen-bond donors (Lipinski definition) is 1. The Morgan fingerprint density at radius 1 is 1.35 bits per heavy atom. The molecule has 0 aliphatic heterocycles. The van der Waals surface area contributed by atoms with E-state index < -0.39 is 0 Å². The van der Waals surface area contributed by atoms with Crippen LogP contribution in [0.25, 0.3) is 11.3 Å². The molecule has 0 amide bonds. The largest absolute Gasteiger partial charge is 0.319 e. The zero-order valence-corrected chi connectivity index (χ0v) is 11.7. The molecule has 0 saturated carbocycles. The van der Waals surface area contributed by atoms with Crippen LogP contribution >= 0.6 is 15.9 Å². The Hall–Kier alpha value is -1.13. The minimum absolute atomic E-state index is 0.953. The maximum Gasteiger partial charge on any atom is 0.0682 e. The van der Waals surface area contributed by atoms with Gasteiger partial charge in [0.2, 0.25) is 0 Å². The zero-order valence-electron chi connectivity index (χ0n) is 10.1. The van der Waals surface area contributed by atoms with Crippen molar-refractivity contribution >= 4 is 15.9 Å². The number of rotatable bonds is 4. The lowest BCUT2D eigenvalue weighted by molar-refractivity contribution is 0.720. The lowest BCUT2D eigenvalue weighted by Gasteiger charge is -2.01. The third kappa shape index (κ3) is 2.96. The molecule has 0 fully saturated rings. The summed E-state index contributed by atoms with van der Waals surface area (Å²) in [6.45, 7) is 0.953. The molecule has 1 N–H and O–H groups in total. The van der Waals surface area contributed by atoms with E-state index in [1.54, 1.807) is 0 Å². The Labute approximate surface area is 110 Å². The number of hydrogen-bond acceptors (Lipinski definition) is 2. The van der Waals surface area contributed by atoms with Crippen molar-refractivity contribution in [3.8, 4) is 11.3 Å². The van der Waals surface area contributed by atoms with Crippen LogP contribution in [0.3, 0.4) is 0 Å². The third-order valence-corrected chi connectivity index (χ3v) is 3.18. The highest BCUT2D eigenvalue weighted by atomic mass is 79.9. The van der Waals surface area contributed by atoms with Crippen molar-refractivity contribution in [2.75, 3.05) is 13.6 Å². The summed E-state index contributed by atoms with van der Waals surface area (Å²) in [5.74, 6) is 0. The standard InChI is InChI=1S/C13H16BrN3/c1-15-7-6-12-9-13(17(2)16-12)10-4-3-5-11(14)8-10/h3-5,8-9,15H,6-7H2,1-2H3. The predicted molar refractivity (Wildman–Crippen MR) is 74.0 cm³/mol. The van der Waals surface area contributed by atoms with Crippen LogP contribution in [-0.4, -0.2) is 23.4 Å². The van der Waals surface area contributed by atoms with Gasteiger partial charge in [-0.25, -0.2) is 0 Å². The Morgan fingerprint density at radius 2 is 2.18 bits per heavy atom. The average Bonchev–Trinajstić information content (AvgIpc) is 2.68. The van der Waals surface area contributed by atoms with E-state index in [4.69, 9.17) is 0 Å². The second-order valence-electron chi connectivity index (χ2n) is 4.01. The first-order valence-corrected chi connectivity index (χ1v) is 6.43. The van der Waals surface area contributed by atoms with Crippen molar-refractivity contribution < 1.29 is 0 Å². The number of aryl methyl sites for hydroxylation is 1. The molecular weight excluding hydrogens is 278 g/mol. The summed E-state index contributed by atoms with van der Waals surface area (Å²) in [6, 6.07) is 10.4. The summed E-state index contributed by atoms with van der Waals surface area (Å²) < 4.78 is 3.03. The summed E-state index contributed by atoms with van der Waals surface area (Å²) in [4.78, 5) is 0. The van der Waals surface area contributed by atoms with Crippen LogP contribution in [0.2, 0.25) is 0 Å². The van der Waals surface area contributed by atoms with Crippen LogP contribution in [0, 0.1) is 0 Å². The van der Waals surface area contributed by atoms with E-state index in [1.165, 1.54) is 5.56 Å². The highest BCUT2D eigenvalue weighted by Crippen LogP contribution is 2.23. The van der Waals surface area contributed by atoms with Gasteiger partial charge in [-0.3, -0.25) is 4.68 Å². The zero-order chi connectivity index (χ0) is 12.3. The van der Waals surface area contributed by atoms with Gasteiger partial charge in [-0.2, -0.15) is 5.10 Å². The van der Waals surface area contributed by atoms with E-state index in [0.29, 0.717) is 0 Å². The fourth-order valence-electron chi connectivity index (χ4n) is 1.82. The number of nitrogens with zero attached hydrogens (tertiary/aromatic N) is 2. The molecule has 2 aromatic rings. The molecule has 90 valence electrons. The first-order chi connectivity index (χ1) is 8.20. The van der Waals surface area contributed by atoms with E-state index in [2.05, 4.69) is 44.5 Å². The first kappa shape index (κ1) is 12.3. The van der Waals surface area contributed by atoms with Gasteiger partial charge >= 0.3 is 0 Å². The summed E-state index contributed by atoms with van der Waals surface area (Å²) in [5.41, 5.74) is 3.46. The van der Waals surface area contributed by atoms with Crippen LogP contribution in [0.5, 0.6) is 0 Å². The van der Waals surface area contributed by atoms with Crippen LogP contribution in [-0.2, 0) is 13.5 Å². The van der Waals surface area contributed by atoms with Gasteiger partial charge in [0.1, 0.15) is 0 Å². The molecule has 2 rings (SSSR count). The highest BCUT2D eigenvalue weighted by Gasteiger charge is 2.07. The molecule has 17 heavy (non-hydrogen) atoms. The minimum atomic E-state index is 0.953. The molecule has 0 aliphatic carbocycles. The Morgan fingerprint density at radius 3 is 2.88 bits per heavy atom. The molecule has 0 spiro atoms. The second-order valence-corrected chi connectivity index (χ2v) is 4.92. The maximum atomic E-state index is 4.52. The molecule has 0 saturated heterocycles. The normalized spacial score (nSPS) is 10.8. The Bertz CT molecular complexity index is 505. The summed E-state index contributed by atoms with van der Waals surface area (Å²) in [7, 11) is 3.94. The molecule has 0 atom stereocenters. The van der Waals surface area contributed by atoms with Crippen LogP contribution in [0.4, 0.5) is 0 Å². The van der Waals surface area contributed by atoms with Gasteiger partial charge in [-0.1, -0.05) is 28.1 Å². The first-order valence-electron chi connectivity index (χ1n) is 5.64. The Balaban J connectivity index is 2.29. The van der Waals surface area contributed by atoms with Gasteiger partial charge in [0.25, 0.3) is 0 Å². The quantitative estimate of drug-likeness (QED) is 0.939. The second kappa shape index (κ2) is 5.47. The van der Waals surface area contributed by atoms with Gasteiger partial charge in [0.15, 0.2) is 0 Å². The van der Waals surface area contributed by atoms with Crippen molar-refractivity contribution in [2.45, 2.75) is 6.42 Å². The van der Waals surface area contributed by atoms with Gasteiger partial charge in [-0.05, 0) is 25.2 Å². The van der Waals surface area contributed by atoms with E-state index in [1.807, 2.05) is 30.9 Å². The third-order valence-electron chi connectivity index (χ3n) is 2.68. The van der Waals surface area contributed by atoms with Crippen molar-refractivity contribution in [1.29, 1.82) is 0 Å². The monoisotopic (exact) mass is 293 g/mol. The van der Waals surface area contributed by atoms with E-state index >= 15 is 0 Å². The molecule has 1 aromatic heterocycles. The lowest BCUT2D eigenvalue weighted by atomic mass is 10.1. The van der Waals surface area contributed by atoms with Crippen molar-refractivity contribution in [3.63, 3.8) is 0 Å². The molecule has 4 heteroatoms. The topological polar surface area (TPSA) is 29.9 Å². The van der Waals surface area contributed by atoms with Crippen LogP contribution in [0.15, 0.2) is 34.8 Å². The van der Waals surface area contributed by atoms with Crippen molar-refractivity contribution in [2.24, 2.45) is 7.05 Å². The van der Waals surface area contributed by atoms with Gasteiger partial charge < -0.3 is 5.32 Å². The SMILES string of the molecule is CNCCc1cc(-c2cccc(Br)c2)n(C)n1. The molecule has 0 unspecified atom stereocenters. The van der Waals surface area contributed by atoms with Crippen LogP contribution in [0.1, 0.15) is 5.69 Å². The fraction of sp³-hybridized carbons (Fsp3) is 0.308. The number of nitrogens with one attached hydrogen (secondary N) is 1. The molecule has 0 radical (unpaired) electrons. The fourth-order valence-corrected chi connectivity index (χ4v) is 2.22. The molecule has 3 nitrogen and oxygen atoms in total. The van der Waals surface area contributed by atoms with E-state index in [9.17, 15) is 0 Å². The average molecular weight is 294 g/mol. The number of halogens is 1. The molecule has 1 aromatic carbocycles. The van der Waals surface area contributed by atoms with Crippen molar-refractivity contribution in [3.05, 3.63) is 40.5 Å². The highest BCUT2D eigenvalue weighted by molar-refractivity contribution is 9.10. The van der Waals surface area contributed by atoms with Gasteiger partial charge in [-0.15, -0.1) is 0 Å².